The number of hydrogen-bond donors (Lipinski definition) is 2. The Hall–Kier alpha value is -3.03. The molecule has 3 rings (SSSR count). The molecule has 8 nitrogen and oxygen atoms in total. The molecule has 26 heavy (non-hydrogen) atoms. The Bertz CT molecular complexity index is 767. The molecule has 0 bridgehead atoms. The highest BCUT2D eigenvalue weighted by molar-refractivity contribution is 6.42. The Morgan fingerprint density at radius 3 is 2.50 bits per heavy atom. The first-order chi connectivity index (χ1) is 12.5. The van der Waals surface area contributed by atoms with Crippen molar-refractivity contribution in [2.75, 3.05) is 13.1 Å². The summed E-state index contributed by atoms with van der Waals surface area (Å²) < 4.78 is 0. The lowest BCUT2D eigenvalue weighted by Gasteiger charge is -2.13. The molecule has 2 aliphatic rings. The number of fused-ring (bicyclic) bond motifs is 1. The van der Waals surface area contributed by atoms with Gasteiger partial charge in [0.05, 0.1) is 17.7 Å². The normalized spacial score (nSPS) is 18.4. The van der Waals surface area contributed by atoms with E-state index in [-0.39, 0.29) is 24.6 Å². The van der Waals surface area contributed by atoms with Gasteiger partial charge in [-0.1, -0.05) is 25.5 Å². The van der Waals surface area contributed by atoms with E-state index in [1.54, 1.807) is 24.3 Å². The van der Waals surface area contributed by atoms with Gasteiger partial charge in [-0.15, -0.1) is 0 Å². The summed E-state index contributed by atoms with van der Waals surface area (Å²) in [6, 6.07) is 5.86. The van der Waals surface area contributed by atoms with Crippen molar-refractivity contribution in [1.82, 2.24) is 15.6 Å². The van der Waals surface area contributed by atoms with Gasteiger partial charge >= 0.3 is 0 Å². The first-order valence-electron chi connectivity index (χ1n) is 8.61. The molecule has 1 aromatic rings. The largest absolute Gasteiger partial charge is 0.354 e. The van der Waals surface area contributed by atoms with E-state index in [1.807, 2.05) is 6.92 Å². The van der Waals surface area contributed by atoms with Crippen LogP contribution in [0.1, 0.15) is 46.9 Å². The van der Waals surface area contributed by atoms with Gasteiger partial charge in [-0.05, 0) is 18.6 Å². The van der Waals surface area contributed by atoms with Gasteiger partial charge in [0.25, 0.3) is 11.8 Å². The van der Waals surface area contributed by atoms with Crippen LogP contribution in [0.3, 0.4) is 0 Å². The number of hydrogen-bond acceptors (Lipinski definition) is 6. The van der Waals surface area contributed by atoms with E-state index < -0.39 is 23.6 Å². The predicted molar refractivity (Wildman–Crippen MR) is 93.7 cm³/mol. The smallest absolute Gasteiger partial charge is 0.261 e. The molecule has 136 valence electrons. The first kappa shape index (κ1) is 17.8. The average molecular weight is 356 g/mol. The van der Waals surface area contributed by atoms with E-state index in [4.69, 9.17) is 0 Å². The van der Waals surface area contributed by atoms with E-state index in [2.05, 4.69) is 15.8 Å². The number of carbonyl (C=O) groups excluding carboxylic acids is 4. The van der Waals surface area contributed by atoms with Crippen molar-refractivity contribution in [2.24, 2.45) is 5.10 Å². The molecule has 0 fully saturated rings. The predicted octanol–water partition coefficient (Wildman–Crippen LogP) is 0.486. The minimum atomic E-state index is -0.604. The van der Waals surface area contributed by atoms with Gasteiger partial charge in [-0.3, -0.25) is 29.5 Å². The first-order valence-corrected chi connectivity index (χ1v) is 8.61. The Balaban J connectivity index is 1.58. The van der Waals surface area contributed by atoms with Crippen LogP contribution in [0.4, 0.5) is 0 Å². The lowest BCUT2D eigenvalue weighted by molar-refractivity contribution is -0.122. The Morgan fingerprint density at radius 1 is 1.23 bits per heavy atom. The highest BCUT2D eigenvalue weighted by atomic mass is 16.2. The third-order valence-corrected chi connectivity index (χ3v) is 4.40. The number of imide groups is 1. The molecular weight excluding hydrogens is 336 g/mol. The van der Waals surface area contributed by atoms with Crippen LogP contribution in [-0.2, 0) is 9.59 Å². The molecule has 8 heteroatoms. The fourth-order valence-corrected chi connectivity index (χ4v) is 2.90. The lowest BCUT2D eigenvalue weighted by atomic mass is 10.1. The zero-order valence-electron chi connectivity index (χ0n) is 14.4. The number of amides is 3. The molecule has 2 aliphatic heterocycles. The molecule has 2 N–H and O–H groups in total. The molecule has 1 aromatic carbocycles. The highest BCUT2D eigenvalue weighted by Crippen LogP contribution is 2.22. The number of nitrogens with one attached hydrogen (secondary N) is 2. The standard InChI is InChI=1S/C18H20N4O4/c1-2-3-8-19-16(24)14-9-13(20-21-14)15(23)10-22-17(25)11-6-4-5-7-12(11)18(22)26/h4-7,14,21H,2-3,8-10H2,1H3,(H,19,24). The molecule has 0 aromatic heterocycles. The number of rotatable bonds is 7. The minimum absolute atomic E-state index is 0.139. The molecule has 3 amide bonds. The molecule has 1 atom stereocenters. The third-order valence-electron chi connectivity index (χ3n) is 4.40. The number of hydrazone groups is 1. The zero-order valence-corrected chi connectivity index (χ0v) is 14.4. The van der Waals surface area contributed by atoms with E-state index >= 15 is 0 Å². The highest BCUT2D eigenvalue weighted by Gasteiger charge is 2.38. The quantitative estimate of drug-likeness (QED) is 0.546. The van der Waals surface area contributed by atoms with Crippen LogP contribution in [-0.4, -0.2) is 53.2 Å². The van der Waals surface area contributed by atoms with Crippen LogP contribution in [0.25, 0.3) is 0 Å². The summed E-state index contributed by atoms with van der Waals surface area (Å²) in [6.07, 6.45) is 1.99. The maximum atomic E-state index is 12.4. The summed E-state index contributed by atoms with van der Waals surface area (Å²) in [5.74, 6) is -1.64. The summed E-state index contributed by atoms with van der Waals surface area (Å²) >= 11 is 0. The monoisotopic (exact) mass is 356 g/mol. The summed E-state index contributed by atoms with van der Waals surface area (Å²) in [5, 5.41) is 6.69. The maximum absolute atomic E-state index is 12.4. The topological polar surface area (TPSA) is 108 Å². The molecule has 1 unspecified atom stereocenters. The van der Waals surface area contributed by atoms with Gasteiger partial charge in [0.2, 0.25) is 5.91 Å². The van der Waals surface area contributed by atoms with Crippen LogP contribution in [0.15, 0.2) is 29.4 Å². The van der Waals surface area contributed by atoms with Gasteiger partial charge in [0.1, 0.15) is 11.8 Å². The number of Topliss-reactive ketones (excluding diaryl/α,β-unsaturated/α-hetero) is 1. The van der Waals surface area contributed by atoms with Crippen LogP contribution in [0.5, 0.6) is 0 Å². The van der Waals surface area contributed by atoms with E-state index in [0.717, 1.165) is 17.7 Å². The van der Waals surface area contributed by atoms with Gasteiger partial charge in [0.15, 0.2) is 5.78 Å². The van der Waals surface area contributed by atoms with E-state index in [1.165, 1.54) is 0 Å². The Labute approximate surface area is 150 Å². The summed E-state index contributed by atoms with van der Waals surface area (Å²) in [6.45, 7) is 2.22. The van der Waals surface area contributed by atoms with E-state index in [0.29, 0.717) is 17.7 Å². The molecule has 2 heterocycles. The second-order valence-electron chi connectivity index (χ2n) is 6.25. The van der Waals surface area contributed by atoms with Crippen molar-refractivity contribution in [2.45, 2.75) is 32.2 Å². The molecule has 0 saturated heterocycles. The van der Waals surface area contributed by atoms with Crippen LogP contribution >= 0.6 is 0 Å². The van der Waals surface area contributed by atoms with Crippen molar-refractivity contribution < 1.29 is 19.2 Å². The minimum Gasteiger partial charge on any atom is -0.354 e. The zero-order chi connectivity index (χ0) is 18.7. The lowest BCUT2D eigenvalue weighted by Crippen LogP contribution is -2.41. The van der Waals surface area contributed by atoms with Crippen molar-refractivity contribution in [1.29, 1.82) is 0 Å². The van der Waals surface area contributed by atoms with Crippen molar-refractivity contribution in [3.05, 3.63) is 35.4 Å². The Morgan fingerprint density at radius 2 is 1.88 bits per heavy atom. The number of unbranched alkanes of at least 4 members (excludes halogenated alkanes) is 1. The number of carbonyl (C=O) groups is 4. The van der Waals surface area contributed by atoms with Crippen LogP contribution in [0.2, 0.25) is 0 Å². The average Bonchev–Trinajstić information content (AvgIpc) is 3.23. The molecule has 0 saturated carbocycles. The second-order valence-corrected chi connectivity index (χ2v) is 6.25. The van der Waals surface area contributed by atoms with Crippen LogP contribution < -0.4 is 10.7 Å². The van der Waals surface area contributed by atoms with Crippen molar-refractivity contribution >= 4 is 29.2 Å². The molecule has 0 aliphatic carbocycles. The summed E-state index contributed by atoms with van der Waals surface area (Å²) in [5.41, 5.74) is 3.40. The maximum Gasteiger partial charge on any atom is 0.261 e. The van der Waals surface area contributed by atoms with Crippen molar-refractivity contribution in [3.63, 3.8) is 0 Å². The molecular formula is C18H20N4O4. The summed E-state index contributed by atoms with van der Waals surface area (Å²) in [7, 11) is 0. The fraction of sp³-hybridized carbons (Fsp3) is 0.389. The number of nitrogens with zero attached hydrogens (tertiary/aromatic N) is 2. The van der Waals surface area contributed by atoms with Crippen molar-refractivity contribution in [3.8, 4) is 0 Å². The SMILES string of the molecule is CCCCNC(=O)C1CC(C(=O)CN2C(=O)c3ccccc3C2=O)=NN1. The third kappa shape index (κ3) is 3.35. The van der Waals surface area contributed by atoms with Gasteiger partial charge in [-0.25, -0.2) is 0 Å². The van der Waals surface area contributed by atoms with Gasteiger partial charge in [-0.2, -0.15) is 5.10 Å². The summed E-state index contributed by atoms with van der Waals surface area (Å²) in [4.78, 5) is 50.0. The number of benzene rings is 1. The van der Waals surface area contributed by atoms with Gasteiger partial charge < -0.3 is 5.32 Å². The Kier molecular flexibility index (Phi) is 5.11. The molecule has 0 spiro atoms. The van der Waals surface area contributed by atoms with Crippen LogP contribution in [0, 0.1) is 0 Å². The van der Waals surface area contributed by atoms with E-state index in [9.17, 15) is 19.2 Å². The molecule has 0 radical (unpaired) electrons. The number of ketones is 1. The second kappa shape index (κ2) is 7.47. The fourth-order valence-electron chi connectivity index (χ4n) is 2.90. The van der Waals surface area contributed by atoms with Gasteiger partial charge in [0, 0.05) is 13.0 Å².